The zero-order chi connectivity index (χ0) is 32.6. The lowest BCUT2D eigenvalue weighted by Gasteiger charge is -2.46. The summed E-state index contributed by atoms with van der Waals surface area (Å²) in [6.45, 7) is 2.54. The van der Waals surface area contributed by atoms with Crippen LogP contribution in [0.3, 0.4) is 0 Å². The summed E-state index contributed by atoms with van der Waals surface area (Å²) in [5.41, 5.74) is 0. The summed E-state index contributed by atoms with van der Waals surface area (Å²) in [6.07, 6.45) is -5.89. The van der Waals surface area contributed by atoms with E-state index in [4.69, 9.17) is 18.9 Å². The number of amides is 1. The van der Waals surface area contributed by atoms with Crippen molar-refractivity contribution >= 4 is 5.91 Å². The fourth-order valence-electron chi connectivity index (χ4n) is 5.47. The number of carbonyl (C=O) groups is 1. The number of carbonyl (C=O) groups excluding carboxylic acids is 1. The monoisotopic (exact) mass is 639 g/mol. The Balaban J connectivity index is 2.01. The normalized spacial score (nSPS) is 34.0. The Bertz CT molecular complexity index is 775. The van der Waals surface area contributed by atoms with Crippen molar-refractivity contribution in [1.82, 2.24) is 5.32 Å². The molecule has 0 aromatic rings. The van der Waals surface area contributed by atoms with Crippen LogP contribution < -0.4 is 5.32 Å². The zero-order valence-corrected chi connectivity index (χ0v) is 26.2. The van der Waals surface area contributed by atoms with Crippen LogP contribution in [0.5, 0.6) is 0 Å². The predicted molar refractivity (Wildman–Crippen MR) is 157 cm³/mol. The van der Waals surface area contributed by atoms with Crippen LogP contribution in [-0.4, -0.2) is 140 Å². The molecule has 0 radical (unpaired) electrons. The maximum atomic E-state index is 12.6. The number of ether oxygens (including phenoxy) is 4. The van der Waals surface area contributed by atoms with E-state index in [1.807, 2.05) is 6.92 Å². The maximum Gasteiger partial charge on any atom is 0.220 e. The maximum absolute atomic E-state index is 12.6. The van der Waals surface area contributed by atoms with Gasteiger partial charge < -0.3 is 65.1 Å². The van der Waals surface area contributed by atoms with Crippen molar-refractivity contribution in [3.8, 4) is 0 Å². The number of aliphatic hydroxyl groups is 8. The molecule has 0 aromatic carbocycles. The predicted octanol–water partition coefficient (Wildman–Crippen LogP) is -0.806. The molecule has 44 heavy (non-hydrogen) atoms. The molecule has 12 unspecified atom stereocenters. The highest BCUT2D eigenvalue weighted by atomic mass is 16.7. The van der Waals surface area contributed by atoms with E-state index in [-0.39, 0.29) is 12.5 Å². The molecule has 0 saturated carbocycles. The molecule has 9 N–H and O–H groups in total. The van der Waals surface area contributed by atoms with Gasteiger partial charge in [0.15, 0.2) is 12.6 Å². The second-order valence-corrected chi connectivity index (χ2v) is 11.9. The van der Waals surface area contributed by atoms with Crippen molar-refractivity contribution in [3.05, 3.63) is 0 Å². The molecule has 2 aliphatic rings. The van der Waals surface area contributed by atoms with E-state index < -0.39 is 86.8 Å². The van der Waals surface area contributed by atoms with Gasteiger partial charge in [0.2, 0.25) is 5.91 Å². The summed E-state index contributed by atoms with van der Waals surface area (Å²) in [5, 5.41) is 85.2. The van der Waals surface area contributed by atoms with Crippen molar-refractivity contribution in [3.63, 3.8) is 0 Å². The van der Waals surface area contributed by atoms with E-state index in [1.165, 1.54) is 19.3 Å². The molecule has 2 fully saturated rings. The van der Waals surface area contributed by atoms with Crippen LogP contribution in [0, 0.1) is 0 Å². The van der Waals surface area contributed by atoms with Crippen molar-refractivity contribution in [2.24, 2.45) is 0 Å². The number of aliphatic hydroxyl groups excluding tert-OH is 8. The van der Waals surface area contributed by atoms with Crippen molar-refractivity contribution in [2.75, 3.05) is 19.8 Å². The Morgan fingerprint density at radius 2 is 1.30 bits per heavy atom. The summed E-state index contributed by atoms with van der Waals surface area (Å²) in [4.78, 5) is 12.6. The minimum Gasteiger partial charge on any atom is -0.394 e. The van der Waals surface area contributed by atoms with E-state index in [2.05, 4.69) is 12.2 Å². The van der Waals surface area contributed by atoms with Gasteiger partial charge in [-0.05, 0) is 12.8 Å². The number of hydrogen-bond donors (Lipinski definition) is 9. The average Bonchev–Trinajstić information content (AvgIpc) is 3.01. The quantitative estimate of drug-likeness (QED) is 0.0702. The minimum absolute atomic E-state index is 0.239. The smallest absolute Gasteiger partial charge is 0.220 e. The van der Waals surface area contributed by atoms with Gasteiger partial charge in [-0.3, -0.25) is 4.79 Å². The highest BCUT2D eigenvalue weighted by Crippen LogP contribution is 2.29. The lowest BCUT2D eigenvalue weighted by molar-refractivity contribution is -0.359. The molecule has 0 spiro atoms. The first-order valence-electron chi connectivity index (χ1n) is 16.3. The molecule has 2 heterocycles. The molecule has 14 nitrogen and oxygen atoms in total. The van der Waals surface area contributed by atoms with Gasteiger partial charge in [-0.1, -0.05) is 71.6 Å². The molecular weight excluding hydrogens is 582 g/mol. The van der Waals surface area contributed by atoms with Gasteiger partial charge in [0, 0.05) is 6.42 Å². The lowest BCUT2D eigenvalue weighted by atomic mass is 9.97. The van der Waals surface area contributed by atoms with Crippen LogP contribution in [0.15, 0.2) is 0 Å². The van der Waals surface area contributed by atoms with Gasteiger partial charge in [-0.2, -0.15) is 0 Å². The highest BCUT2D eigenvalue weighted by Gasteiger charge is 2.50. The van der Waals surface area contributed by atoms with Gasteiger partial charge in [0.05, 0.1) is 32.0 Å². The Morgan fingerprint density at radius 3 is 1.93 bits per heavy atom. The zero-order valence-electron chi connectivity index (χ0n) is 26.2. The van der Waals surface area contributed by atoms with E-state index in [0.29, 0.717) is 19.3 Å². The molecule has 2 aliphatic heterocycles. The third-order valence-electron chi connectivity index (χ3n) is 8.32. The number of unbranched alkanes of at least 4 members (excludes halogenated alkanes) is 8. The second-order valence-electron chi connectivity index (χ2n) is 11.9. The number of hydrogen-bond acceptors (Lipinski definition) is 13. The third kappa shape index (κ3) is 12.0. The summed E-state index contributed by atoms with van der Waals surface area (Å²) in [5.74, 6) is -0.239. The van der Waals surface area contributed by atoms with Crippen molar-refractivity contribution < 1.29 is 64.6 Å². The standard InChI is InChI=1S/C30H57NO13/c1-3-5-7-8-9-10-12-13-19(34)18(31-22(35)14-11-6-4-2)17-41-29-27(40)25(38)28(21(16-33)43-29)44-30-26(39)24(37)23(36)20(15-32)42-30/h18-21,23-30,32-34,36-40H,3-17H2,1-2H3,(H,31,35). The molecule has 2 rings (SSSR count). The van der Waals surface area contributed by atoms with Gasteiger partial charge in [-0.25, -0.2) is 0 Å². The third-order valence-corrected chi connectivity index (χ3v) is 8.32. The van der Waals surface area contributed by atoms with Gasteiger partial charge in [0.25, 0.3) is 0 Å². The molecule has 1 amide bonds. The first-order chi connectivity index (χ1) is 21.1. The molecule has 14 heteroatoms. The fraction of sp³-hybridized carbons (Fsp3) is 0.967. The van der Waals surface area contributed by atoms with Crippen LogP contribution in [-0.2, 0) is 23.7 Å². The Labute approximate surface area is 260 Å². The second kappa shape index (κ2) is 21.0. The van der Waals surface area contributed by atoms with Crippen LogP contribution >= 0.6 is 0 Å². The Morgan fingerprint density at radius 1 is 0.727 bits per heavy atom. The molecule has 0 aromatic heterocycles. The topological polar surface area (TPSA) is 228 Å². The van der Waals surface area contributed by atoms with Crippen molar-refractivity contribution in [2.45, 2.75) is 164 Å². The molecular formula is C30H57NO13. The summed E-state index contributed by atoms with van der Waals surface area (Å²) in [7, 11) is 0. The first kappa shape index (κ1) is 39.2. The summed E-state index contributed by atoms with van der Waals surface area (Å²) in [6, 6.07) is -0.812. The average molecular weight is 640 g/mol. The van der Waals surface area contributed by atoms with E-state index in [0.717, 1.165) is 38.5 Å². The lowest BCUT2D eigenvalue weighted by Crippen LogP contribution is -2.65. The molecule has 0 bridgehead atoms. The van der Waals surface area contributed by atoms with Crippen LogP contribution in [0.4, 0.5) is 0 Å². The van der Waals surface area contributed by atoms with E-state index in [1.54, 1.807) is 0 Å². The molecule has 12 atom stereocenters. The molecule has 2 saturated heterocycles. The summed E-state index contributed by atoms with van der Waals surface area (Å²) < 4.78 is 22.3. The van der Waals surface area contributed by atoms with E-state index >= 15 is 0 Å². The van der Waals surface area contributed by atoms with Crippen molar-refractivity contribution in [1.29, 1.82) is 0 Å². The minimum atomic E-state index is -1.77. The fourth-order valence-corrected chi connectivity index (χ4v) is 5.47. The molecule has 0 aliphatic carbocycles. The Hall–Kier alpha value is -1.01. The Kier molecular flexibility index (Phi) is 18.7. The SMILES string of the molecule is CCCCCCCCCC(O)C(COC1OC(CO)C(OC2OC(CO)C(O)C(O)C2O)C(O)C1O)NC(=O)CCCCC. The van der Waals surface area contributed by atoms with Crippen LogP contribution in [0.1, 0.15) is 90.9 Å². The number of nitrogens with one attached hydrogen (secondary N) is 1. The van der Waals surface area contributed by atoms with Gasteiger partial charge >= 0.3 is 0 Å². The van der Waals surface area contributed by atoms with Crippen LogP contribution in [0.2, 0.25) is 0 Å². The van der Waals surface area contributed by atoms with Gasteiger partial charge in [-0.15, -0.1) is 0 Å². The molecule has 260 valence electrons. The highest BCUT2D eigenvalue weighted by molar-refractivity contribution is 5.76. The first-order valence-corrected chi connectivity index (χ1v) is 16.3. The van der Waals surface area contributed by atoms with E-state index in [9.17, 15) is 45.6 Å². The number of rotatable bonds is 21. The van der Waals surface area contributed by atoms with Crippen LogP contribution in [0.25, 0.3) is 0 Å². The largest absolute Gasteiger partial charge is 0.394 e. The summed E-state index contributed by atoms with van der Waals surface area (Å²) >= 11 is 0. The van der Waals surface area contributed by atoms with Gasteiger partial charge in [0.1, 0.15) is 48.8 Å².